The number of unbranched alkanes of at least 4 members (excludes halogenated alkanes) is 8. The molecule has 0 spiro atoms. The van der Waals surface area contributed by atoms with Gasteiger partial charge in [0.25, 0.3) is 0 Å². The van der Waals surface area contributed by atoms with Crippen LogP contribution in [-0.4, -0.2) is 83.8 Å². The molecule has 15 nitrogen and oxygen atoms in total. The lowest BCUT2D eigenvalue weighted by molar-refractivity contribution is -0.150. The monoisotopic (exact) mass is 702 g/mol. The van der Waals surface area contributed by atoms with E-state index in [9.17, 15) is 40.8 Å². The largest absolute Gasteiger partial charge is 0.540 e. The van der Waals surface area contributed by atoms with Crippen molar-refractivity contribution in [2.24, 2.45) is 0 Å². The summed E-state index contributed by atoms with van der Waals surface area (Å²) in [5.74, 6) is -5.08. The first-order chi connectivity index (χ1) is 21.7. The summed E-state index contributed by atoms with van der Waals surface area (Å²) in [5, 5.41) is -4.80. The van der Waals surface area contributed by atoms with Crippen LogP contribution < -0.4 is 0 Å². The lowest BCUT2D eigenvalue weighted by atomic mass is 10.2. The van der Waals surface area contributed by atoms with Crippen molar-refractivity contribution in [2.75, 3.05) is 26.4 Å². The highest BCUT2D eigenvalue weighted by molar-refractivity contribution is 7.89. The van der Waals surface area contributed by atoms with E-state index in [1.165, 1.54) is 0 Å². The summed E-state index contributed by atoms with van der Waals surface area (Å²) >= 11 is 0. The molecule has 0 aliphatic carbocycles. The zero-order chi connectivity index (χ0) is 35.0. The van der Waals surface area contributed by atoms with Crippen molar-refractivity contribution >= 4 is 50.3 Å². The summed E-state index contributed by atoms with van der Waals surface area (Å²) in [7, 11) is -10.8. The van der Waals surface area contributed by atoms with Crippen LogP contribution in [-0.2, 0) is 66.7 Å². The highest BCUT2D eigenvalue weighted by Crippen LogP contribution is 2.18. The maximum atomic E-state index is 12.9. The molecule has 0 N–H and O–H groups in total. The molecule has 0 rings (SSSR count). The van der Waals surface area contributed by atoms with Crippen LogP contribution in [0.3, 0.4) is 0 Å². The Bertz CT molecular complexity index is 1060. The molecule has 46 heavy (non-hydrogen) atoms. The lowest BCUT2D eigenvalue weighted by Gasteiger charge is -2.17. The Balaban J connectivity index is 5.85. The molecule has 0 aromatic rings. The minimum Gasteiger partial charge on any atom is -0.466 e. The smallest absolute Gasteiger partial charge is 0.466 e. The number of hydrogen-bond donors (Lipinski definition) is 0. The van der Waals surface area contributed by atoms with Gasteiger partial charge in [-0.3, -0.25) is 19.2 Å². The minimum absolute atomic E-state index is 0.0525. The van der Waals surface area contributed by atoms with Crippen LogP contribution in [0.15, 0.2) is 0 Å². The third kappa shape index (κ3) is 18.9. The highest BCUT2D eigenvalue weighted by atomic mass is 32.2. The van der Waals surface area contributed by atoms with Crippen LogP contribution in [0.2, 0.25) is 0 Å². The van der Waals surface area contributed by atoms with Gasteiger partial charge < -0.3 is 27.3 Å². The Morgan fingerprint density at radius 2 is 0.739 bits per heavy atom. The van der Waals surface area contributed by atoms with Gasteiger partial charge in [0.1, 0.15) is 0 Å². The van der Waals surface area contributed by atoms with Crippen LogP contribution >= 0.6 is 0 Å². The van der Waals surface area contributed by atoms with Gasteiger partial charge in [-0.05, 0) is 25.7 Å². The quantitative estimate of drug-likeness (QED) is 0.0534. The second kappa shape index (κ2) is 24.3. The first-order valence-electron chi connectivity index (χ1n) is 15.8. The van der Waals surface area contributed by atoms with Gasteiger partial charge in [0.05, 0.1) is 39.3 Å². The van der Waals surface area contributed by atoms with Crippen molar-refractivity contribution in [3.05, 3.63) is 0 Å². The average molecular weight is 703 g/mol. The predicted molar refractivity (Wildman–Crippen MR) is 164 cm³/mol. The van der Waals surface area contributed by atoms with Gasteiger partial charge in [0, 0.05) is 0 Å². The summed E-state index contributed by atoms with van der Waals surface area (Å²) in [5.41, 5.74) is 0. The topological polar surface area (TPSA) is 209 Å². The normalized spacial score (nSPS) is 12.8. The van der Waals surface area contributed by atoms with E-state index < -0.39 is 73.6 Å². The van der Waals surface area contributed by atoms with Crippen LogP contribution in [0.1, 0.15) is 118 Å². The molecular weight excluding hydrogens is 652 g/mol. The van der Waals surface area contributed by atoms with Crippen LogP contribution in [0.25, 0.3) is 0 Å². The number of ether oxygens (including phenoxy) is 4. The lowest BCUT2D eigenvalue weighted by Crippen LogP contribution is -2.40. The van der Waals surface area contributed by atoms with Crippen LogP contribution in [0.4, 0.5) is 4.79 Å². The zero-order valence-electron chi connectivity index (χ0n) is 27.3. The van der Waals surface area contributed by atoms with E-state index in [1.54, 1.807) is 0 Å². The van der Waals surface area contributed by atoms with E-state index in [2.05, 4.69) is 8.37 Å². The van der Waals surface area contributed by atoms with Crippen molar-refractivity contribution in [2.45, 2.75) is 128 Å². The summed E-state index contributed by atoms with van der Waals surface area (Å²) in [6, 6.07) is 0. The molecule has 0 aliphatic heterocycles. The van der Waals surface area contributed by atoms with Gasteiger partial charge in [-0.2, -0.15) is 16.8 Å². The molecule has 2 unspecified atom stereocenters. The number of esters is 4. The van der Waals surface area contributed by atoms with E-state index in [4.69, 9.17) is 18.9 Å². The molecule has 0 aliphatic rings. The molecule has 0 aromatic heterocycles. The van der Waals surface area contributed by atoms with E-state index in [-0.39, 0.29) is 26.4 Å². The Kier molecular flexibility index (Phi) is 22.7. The highest BCUT2D eigenvalue weighted by Gasteiger charge is 2.44. The first kappa shape index (κ1) is 43.0. The van der Waals surface area contributed by atoms with E-state index >= 15 is 0 Å². The fourth-order valence-electron chi connectivity index (χ4n) is 3.66. The number of carbonyl (C=O) groups excluding carboxylic acids is 5. The molecule has 0 fully saturated rings. The molecule has 0 amide bonds. The molecule has 0 heterocycles. The maximum Gasteiger partial charge on any atom is 0.540 e. The first-order valence-corrected chi connectivity index (χ1v) is 18.7. The van der Waals surface area contributed by atoms with E-state index in [0.29, 0.717) is 38.5 Å². The Morgan fingerprint density at radius 1 is 0.457 bits per heavy atom. The Morgan fingerprint density at radius 3 is 1.02 bits per heavy atom. The summed E-state index contributed by atoms with van der Waals surface area (Å²) in [6.45, 7) is 7.09. The van der Waals surface area contributed by atoms with Gasteiger partial charge in [0.2, 0.25) is 10.5 Å². The molecule has 0 saturated heterocycles. The standard InChI is InChI=1S/C29H50O15S2/c1-5-9-13-17-39-25(30)21-23(27(32)41-19-15-11-7-3)45(35,36)43-29(34)44-46(37,38)24(28(33)42-20-16-12-8-4)22-26(31)40-18-14-10-6-2/h23-24H,5-22H2,1-4H3. The zero-order valence-corrected chi connectivity index (χ0v) is 29.0. The van der Waals surface area contributed by atoms with E-state index in [0.717, 1.165) is 38.5 Å². The van der Waals surface area contributed by atoms with Gasteiger partial charge in [0.15, 0.2) is 0 Å². The van der Waals surface area contributed by atoms with Crippen molar-refractivity contribution in [3.63, 3.8) is 0 Å². The molecule has 0 aromatic carbocycles. The number of rotatable bonds is 26. The van der Waals surface area contributed by atoms with Crippen molar-refractivity contribution in [3.8, 4) is 0 Å². The minimum atomic E-state index is -5.40. The van der Waals surface area contributed by atoms with Crippen LogP contribution in [0, 0.1) is 0 Å². The second-order valence-corrected chi connectivity index (χ2v) is 13.8. The van der Waals surface area contributed by atoms with Crippen molar-refractivity contribution in [1.82, 2.24) is 0 Å². The summed E-state index contributed by atoms with van der Waals surface area (Å²) in [4.78, 5) is 62.4. The van der Waals surface area contributed by atoms with Gasteiger partial charge in [-0.25, -0.2) is 4.79 Å². The fourth-order valence-corrected chi connectivity index (χ4v) is 5.67. The maximum absolute atomic E-state index is 12.9. The van der Waals surface area contributed by atoms with Crippen molar-refractivity contribution in [1.29, 1.82) is 0 Å². The Hall–Kier alpha value is -2.95. The fraction of sp³-hybridized carbons (Fsp3) is 0.828. The molecule has 2 atom stereocenters. The molecule has 268 valence electrons. The molecule has 0 radical (unpaired) electrons. The van der Waals surface area contributed by atoms with Crippen molar-refractivity contribution < 1.29 is 68.1 Å². The third-order valence-corrected chi connectivity index (χ3v) is 9.15. The Labute approximate surface area is 272 Å². The average Bonchev–Trinajstić information content (AvgIpc) is 2.98. The van der Waals surface area contributed by atoms with Gasteiger partial charge in [-0.1, -0.05) is 79.1 Å². The van der Waals surface area contributed by atoms with Gasteiger partial charge in [-0.15, -0.1) is 0 Å². The second-order valence-electron chi connectivity index (χ2n) is 10.4. The van der Waals surface area contributed by atoms with E-state index in [1.807, 2.05) is 27.7 Å². The predicted octanol–water partition coefficient (Wildman–Crippen LogP) is 4.25. The molecule has 0 saturated carbocycles. The van der Waals surface area contributed by atoms with Gasteiger partial charge >= 0.3 is 50.3 Å². The summed E-state index contributed by atoms with van der Waals surface area (Å²) < 4.78 is 80.0. The molecular formula is C29H50O15S2. The van der Waals surface area contributed by atoms with Crippen LogP contribution in [0.5, 0.6) is 0 Å². The third-order valence-electron chi connectivity index (χ3n) is 6.30. The molecule has 0 bridgehead atoms. The number of hydrogen-bond acceptors (Lipinski definition) is 15. The number of carbonyl (C=O) groups is 5. The SMILES string of the molecule is CCCCCOC(=O)CC(C(=O)OCCCCC)S(=O)(=O)OC(=O)OS(=O)(=O)C(CC(=O)OCCCCC)C(=O)OCCCCC. The summed E-state index contributed by atoms with van der Waals surface area (Å²) in [6.07, 6.45) is 3.07. The molecule has 17 heteroatoms.